The van der Waals surface area contributed by atoms with Crippen molar-refractivity contribution in [3.8, 4) is 17.1 Å². The van der Waals surface area contributed by atoms with Crippen LogP contribution in [-0.2, 0) is 4.74 Å². The van der Waals surface area contributed by atoms with Gasteiger partial charge in [-0.05, 0) is 48.9 Å². The Kier molecular flexibility index (Phi) is 4.88. The minimum absolute atomic E-state index is 0.159. The third-order valence-electron chi connectivity index (χ3n) is 5.76. The molecule has 6 rings (SSSR count). The molecule has 1 fully saturated rings. The summed E-state index contributed by atoms with van der Waals surface area (Å²) in [7, 11) is 0. The topological polar surface area (TPSA) is 88.2 Å². The van der Waals surface area contributed by atoms with Gasteiger partial charge in [0, 0.05) is 22.0 Å². The Labute approximate surface area is 190 Å². The molecule has 2 atom stereocenters. The highest BCUT2D eigenvalue weighted by atomic mass is 16.8. The van der Waals surface area contributed by atoms with Gasteiger partial charge in [0.25, 0.3) is 0 Å². The summed E-state index contributed by atoms with van der Waals surface area (Å²) >= 11 is 0. The SMILES string of the molecule is CCCC1OC1Oc1cccc(-c2nc(Nc3ccc4[nH]ncc4c3)c3ccccc3n2)c1. The first kappa shape index (κ1) is 19.7. The van der Waals surface area contributed by atoms with Crippen LogP contribution in [0.5, 0.6) is 5.75 Å². The van der Waals surface area contributed by atoms with Crippen molar-refractivity contribution in [1.29, 1.82) is 0 Å². The van der Waals surface area contributed by atoms with Gasteiger partial charge in [-0.25, -0.2) is 9.97 Å². The van der Waals surface area contributed by atoms with Gasteiger partial charge < -0.3 is 14.8 Å². The number of anilines is 2. The summed E-state index contributed by atoms with van der Waals surface area (Å²) in [6, 6.07) is 21.9. The molecule has 0 aliphatic carbocycles. The van der Waals surface area contributed by atoms with Crippen LogP contribution in [0, 0.1) is 0 Å². The summed E-state index contributed by atoms with van der Waals surface area (Å²) in [6.07, 6.45) is 3.94. The third kappa shape index (κ3) is 3.99. The average Bonchev–Trinajstić information content (AvgIpc) is 3.38. The number of benzene rings is 3. The van der Waals surface area contributed by atoms with E-state index in [2.05, 4.69) is 22.4 Å². The fourth-order valence-electron chi connectivity index (χ4n) is 4.02. The lowest BCUT2D eigenvalue weighted by Crippen LogP contribution is -2.03. The van der Waals surface area contributed by atoms with E-state index in [0.29, 0.717) is 5.82 Å². The number of fused-ring (bicyclic) bond motifs is 2. The standard InChI is InChI=1S/C26H23N5O2/c1-2-6-23-26(33-23)32-19-8-5-7-16(14-19)24-29-22-10-4-3-9-20(22)25(30-24)28-18-11-12-21-17(13-18)15-27-31-21/h3-5,7-15,23,26H,2,6H2,1H3,(H,27,31)(H,28,29,30). The van der Waals surface area contributed by atoms with E-state index in [9.17, 15) is 0 Å². The molecule has 3 aromatic carbocycles. The molecule has 1 saturated heterocycles. The molecule has 5 aromatic rings. The summed E-state index contributed by atoms with van der Waals surface area (Å²) < 4.78 is 11.6. The number of aromatic nitrogens is 4. The Bertz CT molecular complexity index is 1450. The van der Waals surface area contributed by atoms with Gasteiger partial charge in [0.15, 0.2) is 5.82 Å². The van der Waals surface area contributed by atoms with Gasteiger partial charge in [-0.1, -0.05) is 37.6 Å². The van der Waals surface area contributed by atoms with Crippen molar-refractivity contribution in [3.63, 3.8) is 0 Å². The van der Waals surface area contributed by atoms with Crippen LogP contribution < -0.4 is 10.1 Å². The number of H-pyrrole nitrogens is 1. The number of hydrogen-bond donors (Lipinski definition) is 2. The van der Waals surface area contributed by atoms with E-state index in [1.807, 2.05) is 72.9 Å². The molecule has 7 nitrogen and oxygen atoms in total. The van der Waals surface area contributed by atoms with Crippen molar-refractivity contribution < 1.29 is 9.47 Å². The molecule has 0 amide bonds. The summed E-state index contributed by atoms with van der Waals surface area (Å²) in [6.45, 7) is 2.15. The van der Waals surface area contributed by atoms with E-state index in [4.69, 9.17) is 19.4 Å². The van der Waals surface area contributed by atoms with Gasteiger partial charge in [0.05, 0.1) is 17.2 Å². The van der Waals surface area contributed by atoms with Crippen molar-refractivity contribution in [2.45, 2.75) is 32.2 Å². The fraction of sp³-hybridized carbons (Fsp3) is 0.192. The van der Waals surface area contributed by atoms with E-state index in [0.717, 1.165) is 57.5 Å². The highest BCUT2D eigenvalue weighted by molar-refractivity contribution is 5.93. The predicted octanol–water partition coefficient (Wildman–Crippen LogP) is 5.82. The Hall–Kier alpha value is -3.97. The molecular weight excluding hydrogens is 414 g/mol. The number of hydrogen-bond acceptors (Lipinski definition) is 6. The third-order valence-corrected chi connectivity index (χ3v) is 5.76. The molecule has 2 aromatic heterocycles. The maximum Gasteiger partial charge on any atom is 0.227 e. The monoisotopic (exact) mass is 437 g/mol. The summed E-state index contributed by atoms with van der Waals surface area (Å²) in [5.74, 6) is 2.14. The molecule has 0 saturated carbocycles. The Balaban J connectivity index is 1.34. The lowest BCUT2D eigenvalue weighted by Gasteiger charge is -2.12. The van der Waals surface area contributed by atoms with E-state index in [-0.39, 0.29) is 12.4 Å². The smallest absolute Gasteiger partial charge is 0.227 e. The van der Waals surface area contributed by atoms with Gasteiger partial charge in [-0.2, -0.15) is 5.10 Å². The molecule has 33 heavy (non-hydrogen) atoms. The first-order valence-electron chi connectivity index (χ1n) is 11.2. The zero-order valence-electron chi connectivity index (χ0n) is 18.2. The molecule has 1 aliphatic heterocycles. The Morgan fingerprint density at radius 3 is 2.91 bits per heavy atom. The second kappa shape index (κ2) is 8.18. The lowest BCUT2D eigenvalue weighted by molar-refractivity contribution is 0.178. The van der Waals surface area contributed by atoms with Crippen molar-refractivity contribution in [1.82, 2.24) is 20.2 Å². The first-order chi connectivity index (χ1) is 16.3. The van der Waals surface area contributed by atoms with Gasteiger partial charge in [0.2, 0.25) is 6.29 Å². The van der Waals surface area contributed by atoms with Crippen LogP contribution in [0.2, 0.25) is 0 Å². The predicted molar refractivity (Wildman–Crippen MR) is 129 cm³/mol. The summed E-state index contributed by atoms with van der Waals surface area (Å²) in [5.41, 5.74) is 3.68. The zero-order chi connectivity index (χ0) is 22.2. The highest BCUT2D eigenvalue weighted by Gasteiger charge is 2.40. The van der Waals surface area contributed by atoms with Crippen LogP contribution in [0.3, 0.4) is 0 Å². The van der Waals surface area contributed by atoms with Crippen molar-refractivity contribution in [2.75, 3.05) is 5.32 Å². The molecule has 0 bridgehead atoms. The lowest BCUT2D eigenvalue weighted by atomic mass is 10.1. The number of nitrogens with zero attached hydrogens (tertiary/aromatic N) is 3. The van der Waals surface area contributed by atoms with Crippen molar-refractivity contribution >= 4 is 33.3 Å². The molecule has 0 radical (unpaired) electrons. The Morgan fingerprint density at radius 1 is 1.03 bits per heavy atom. The number of epoxide rings is 1. The molecule has 0 spiro atoms. The van der Waals surface area contributed by atoms with Crippen LogP contribution in [0.4, 0.5) is 11.5 Å². The van der Waals surface area contributed by atoms with Crippen LogP contribution in [0.15, 0.2) is 72.9 Å². The van der Waals surface area contributed by atoms with Crippen LogP contribution in [-0.4, -0.2) is 32.6 Å². The molecular formula is C26H23N5O2. The maximum atomic E-state index is 6.00. The number of aromatic amines is 1. The molecule has 2 N–H and O–H groups in total. The average molecular weight is 438 g/mol. The Morgan fingerprint density at radius 2 is 1.97 bits per heavy atom. The van der Waals surface area contributed by atoms with E-state index < -0.39 is 0 Å². The number of para-hydroxylation sites is 1. The molecule has 2 unspecified atom stereocenters. The van der Waals surface area contributed by atoms with Crippen LogP contribution in [0.25, 0.3) is 33.2 Å². The fourth-order valence-corrected chi connectivity index (χ4v) is 4.02. The van der Waals surface area contributed by atoms with E-state index in [1.54, 1.807) is 0 Å². The van der Waals surface area contributed by atoms with Gasteiger partial charge in [-0.15, -0.1) is 0 Å². The van der Waals surface area contributed by atoms with Gasteiger partial charge in [0.1, 0.15) is 17.7 Å². The van der Waals surface area contributed by atoms with Gasteiger partial charge >= 0.3 is 0 Å². The zero-order valence-corrected chi connectivity index (χ0v) is 18.2. The molecule has 1 aliphatic rings. The van der Waals surface area contributed by atoms with Crippen LogP contribution >= 0.6 is 0 Å². The normalized spacial score (nSPS) is 17.4. The minimum Gasteiger partial charge on any atom is -0.462 e. The van der Waals surface area contributed by atoms with Gasteiger partial charge in [-0.3, -0.25) is 5.10 Å². The first-order valence-corrected chi connectivity index (χ1v) is 11.2. The van der Waals surface area contributed by atoms with E-state index >= 15 is 0 Å². The summed E-state index contributed by atoms with van der Waals surface area (Å²) in [4.78, 5) is 9.70. The second-order valence-corrected chi connectivity index (χ2v) is 8.19. The quantitative estimate of drug-likeness (QED) is 0.312. The summed E-state index contributed by atoms with van der Waals surface area (Å²) in [5, 5.41) is 12.5. The molecule has 164 valence electrons. The highest BCUT2D eigenvalue weighted by Crippen LogP contribution is 2.32. The number of ether oxygens (including phenoxy) is 2. The van der Waals surface area contributed by atoms with E-state index in [1.165, 1.54) is 0 Å². The molecule has 7 heteroatoms. The molecule has 3 heterocycles. The second-order valence-electron chi connectivity index (χ2n) is 8.19. The number of rotatable bonds is 7. The number of nitrogens with one attached hydrogen (secondary N) is 2. The van der Waals surface area contributed by atoms with Crippen molar-refractivity contribution in [3.05, 3.63) is 72.9 Å². The largest absolute Gasteiger partial charge is 0.462 e. The maximum absolute atomic E-state index is 6.00. The van der Waals surface area contributed by atoms with Crippen molar-refractivity contribution in [2.24, 2.45) is 0 Å². The minimum atomic E-state index is -0.159. The van der Waals surface area contributed by atoms with Crippen LogP contribution in [0.1, 0.15) is 19.8 Å².